The Morgan fingerprint density at radius 1 is 1.53 bits per heavy atom. The zero-order chi connectivity index (χ0) is 13.6. The minimum Gasteiger partial charge on any atom is -0.381 e. The minimum atomic E-state index is -0.910. The van der Waals surface area contributed by atoms with E-state index in [2.05, 4.69) is 16.4 Å². The molecule has 1 N–H and O–H groups in total. The van der Waals surface area contributed by atoms with Crippen molar-refractivity contribution >= 4 is 5.91 Å². The van der Waals surface area contributed by atoms with Crippen molar-refractivity contribution in [2.45, 2.75) is 19.3 Å². The quantitative estimate of drug-likeness (QED) is 0.877. The first-order valence-corrected chi connectivity index (χ1v) is 6.43. The number of pyridine rings is 1. The molecule has 0 saturated carbocycles. The van der Waals surface area contributed by atoms with E-state index in [0.29, 0.717) is 32.6 Å². The summed E-state index contributed by atoms with van der Waals surface area (Å²) in [5, 5.41) is 12.1. The van der Waals surface area contributed by atoms with Gasteiger partial charge in [0.25, 0.3) is 0 Å². The second-order valence-electron chi connectivity index (χ2n) is 4.67. The van der Waals surface area contributed by atoms with E-state index >= 15 is 0 Å². The second-order valence-corrected chi connectivity index (χ2v) is 4.67. The van der Waals surface area contributed by atoms with Crippen LogP contribution in [0.2, 0.25) is 0 Å². The van der Waals surface area contributed by atoms with Gasteiger partial charge in [-0.2, -0.15) is 5.26 Å². The molecule has 0 aliphatic carbocycles. The Bertz CT molecular complexity index is 461. The van der Waals surface area contributed by atoms with E-state index in [1.165, 1.54) is 0 Å². The predicted molar refractivity (Wildman–Crippen MR) is 69.0 cm³/mol. The van der Waals surface area contributed by atoms with Crippen molar-refractivity contribution < 1.29 is 9.53 Å². The number of amides is 1. The Labute approximate surface area is 112 Å². The third-order valence-corrected chi connectivity index (χ3v) is 3.42. The third-order valence-electron chi connectivity index (χ3n) is 3.42. The first kappa shape index (κ1) is 13.5. The molecule has 0 aromatic carbocycles. The van der Waals surface area contributed by atoms with Crippen LogP contribution < -0.4 is 5.32 Å². The highest BCUT2D eigenvalue weighted by molar-refractivity contribution is 5.85. The lowest BCUT2D eigenvalue weighted by molar-refractivity contribution is -0.132. The molecule has 5 heteroatoms. The van der Waals surface area contributed by atoms with Gasteiger partial charge in [-0.1, -0.05) is 6.07 Å². The maximum absolute atomic E-state index is 12.1. The van der Waals surface area contributed by atoms with Crippen LogP contribution in [0.15, 0.2) is 24.5 Å². The van der Waals surface area contributed by atoms with Crippen LogP contribution in [0.4, 0.5) is 0 Å². The molecule has 100 valence electrons. The molecule has 1 aromatic heterocycles. The minimum absolute atomic E-state index is 0.179. The molecule has 5 nitrogen and oxygen atoms in total. The summed E-state index contributed by atoms with van der Waals surface area (Å²) in [5.74, 6) is -0.179. The maximum atomic E-state index is 12.1. The number of rotatable bonds is 4. The van der Waals surface area contributed by atoms with Crippen LogP contribution in [0.25, 0.3) is 0 Å². The average molecular weight is 259 g/mol. The van der Waals surface area contributed by atoms with Gasteiger partial charge >= 0.3 is 0 Å². The average Bonchev–Trinajstić information content (AvgIpc) is 2.49. The van der Waals surface area contributed by atoms with Crippen LogP contribution >= 0.6 is 0 Å². The number of ether oxygens (including phenoxy) is 1. The van der Waals surface area contributed by atoms with Crippen LogP contribution in [0, 0.1) is 16.7 Å². The molecule has 1 saturated heterocycles. The van der Waals surface area contributed by atoms with Crippen molar-refractivity contribution in [3.05, 3.63) is 30.1 Å². The number of nitriles is 1. The van der Waals surface area contributed by atoms with E-state index < -0.39 is 5.41 Å². The van der Waals surface area contributed by atoms with E-state index in [0.717, 1.165) is 12.0 Å². The van der Waals surface area contributed by atoms with Gasteiger partial charge in [0, 0.05) is 32.2 Å². The third kappa shape index (κ3) is 3.30. The fourth-order valence-corrected chi connectivity index (χ4v) is 2.15. The Morgan fingerprint density at radius 2 is 2.32 bits per heavy atom. The summed E-state index contributed by atoms with van der Waals surface area (Å²) in [7, 11) is 0. The SMILES string of the molecule is N#CC1(C(=O)NCCc2cccnc2)CCOCC1. The van der Waals surface area contributed by atoms with Crippen LogP contribution in [-0.2, 0) is 16.0 Å². The summed E-state index contributed by atoms with van der Waals surface area (Å²) >= 11 is 0. The molecule has 0 spiro atoms. The molecule has 1 aliphatic rings. The van der Waals surface area contributed by atoms with Crippen molar-refractivity contribution in [2.24, 2.45) is 5.41 Å². The van der Waals surface area contributed by atoms with Crippen molar-refractivity contribution in [2.75, 3.05) is 19.8 Å². The zero-order valence-corrected chi connectivity index (χ0v) is 10.8. The molecule has 0 atom stereocenters. The summed E-state index contributed by atoms with van der Waals surface area (Å²) in [4.78, 5) is 16.2. The first-order chi connectivity index (χ1) is 9.27. The molecule has 0 bridgehead atoms. The van der Waals surface area contributed by atoms with Gasteiger partial charge in [0.2, 0.25) is 5.91 Å². The van der Waals surface area contributed by atoms with Gasteiger partial charge in [0.1, 0.15) is 5.41 Å². The molecule has 2 heterocycles. The van der Waals surface area contributed by atoms with Gasteiger partial charge in [-0.15, -0.1) is 0 Å². The van der Waals surface area contributed by atoms with Gasteiger partial charge in [-0.25, -0.2) is 0 Å². The molecular formula is C14H17N3O2. The number of hydrogen-bond donors (Lipinski definition) is 1. The Morgan fingerprint density at radius 3 is 2.95 bits per heavy atom. The Balaban J connectivity index is 1.85. The number of carbonyl (C=O) groups is 1. The second kappa shape index (κ2) is 6.30. The Kier molecular flexibility index (Phi) is 4.48. The summed E-state index contributed by atoms with van der Waals surface area (Å²) in [6.45, 7) is 1.47. The van der Waals surface area contributed by atoms with Crippen LogP contribution in [0.5, 0.6) is 0 Å². The van der Waals surface area contributed by atoms with Gasteiger partial charge in [-0.05, 0) is 30.9 Å². The number of nitrogens with zero attached hydrogens (tertiary/aromatic N) is 2. The highest BCUT2D eigenvalue weighted by Gasteiger charge is 2.40. The number of hydrogen-bond acceptors (Lipinski definition) is 4. The molecule has 0 radical (unpaired) electrons. The van der Waals surface area contributed by atoms with E-state index in [9.17, 15) is 10.1 Å². The Hall–Kier alpha value is -1.93. The maximum Gasteiger partial charge on any atom is 0.240 e. The zero-order valence-electron chi connectivity index (χ0n) is 10.8. The van der Waals surface area contributed by atoms with E-state index in [-0.39, 0.29) is 5.91 Å². The molecular weight excluding hydrogens is 242 g/mol. The van der Waals surface area contributed by atoms with Crippen molar-refractivity contribution in [1.29, 1.82) is 5.26 Å². The monoisotopic (exact) mass is 259 g/mol. The van der Waals surface area contributed by atoms with Gasteiger partial charge in [0.15, 0.2) is 0 Å². The molecule has 0 unspecified atom stereocenters. The summed E-state index contributed by atoms with van der Waals surface area (Å²) in [5.41, 5.74) is 0.161. The lowest BCUT2D eigenvalue weighted by Crippen LogP contribution is -2.44. The molecule has 2 rings (SSSR count). The van der Waals surface area contributed by atoms with E-state index in [4.69, 9.17) is 4.74 Å². The highest BCUT2D eigenvalue weighted by atomic mass is 16.5. The van der Waals surface area contributed by atoms with Gasteiger partial charge in [0.05, 0.1) is 6.07 Å². The summed E-state index contributed by atoms with van der Waals surface area (Å²) < 4.78 is 5.21. The topological polar surface area (TPSA) is 75.0 Å². The number of nitrogens with one attached hydrogen (secondary N) is 1. The lowest BCUT2D eigenvalue weighted by atomic mass is 9.81. The van der Waals surface area contributed by atoms with Gasteiger partial charge in [-0.3, -0.25) is 9.78 Å². The normalized spacial score (nSPS) is 17.4. The first-order valence-electron chi connectivity index (χ1n) is 6.43. The number of carbonyl (C=O) groups excluding carboxylic acids is 1. The summed E-state index contributed by atoms with van der Waals surface area (Å²) in [6, 6.07) is 5.99. The van der Waals surface area contributed by atoms with Crippen molar-refractivity contribution in [3.8, 4) is 6.07 Å². The molecule has 1 amide bonds. The fourth-order valence-electron chi connectivity index (χ4n) is 2.15. The van der Waals surface area contributed by atoms with E-state index in [1.807, 2.05) is 12.1 Å². The van der Waals surface area contributed by atoms with Crippen LogP contribution in [-0.4, -0.2) is 30.6 Å². The van der Waals surface area contributed by atoms with Crippen molar-refractivity contribution in [1.82, 2.24) is 10.3 Å². The molecule has 1 fully saturated rings. The fraction of sp³-hybridized carbons (Fsp3) is 0.500. The largest absolute Gasteiger partial charge is 0.381 e. The predicted octanol–water partition coefficient (Wildman–Crippen LogP) is 1.06. The molecule has 1 aromatic rings. The smallest absolute Gasteiger partial charge is 0.240 e. The van der Waals surface area contributed by atoms with Crippen LogP contribution in [0.1, 0.15) is 18.4 Å². The van der Waals surface area contributed by atoms with Crippen molar-refractivity contribution in [3.63, 3.8) is 0 Å². The number of aromatic nitrogens is 1. The summed E-state index contributed by atoms with van der Waals surface area (Å²) in [6.07, 6.45) is 5.16. The standard InChI is InChI=1S/C14H17N3O2/c15-11-14(4-8-19-9-5-14)13(18)17-7-3-12-2-1-6-16-10-12/h1-2,6,10H,3-5,7-9H2,(H,17,18). The highest BCUT2D eigenvalue weighted by Crippen LogP contribution is 2.29. The van der Waals surface area contributed by atoms with Crippen LogP contribution in [0.3, 0.4) is 0 Å². The van der Waals surface area contributed by atoms with E-state index in [1.54, 1.807) is 12.4 Å². The molecule has 1 aliphatic heterocycles. The lowest BCUT2D eigenvalue weighted by Gasteiger charge is -2.29. The molecule has 19 heavy (non-hydrogen) atoms. The van der Waals surface area contributed by atoms with Gasteiger partial charge < -0.3 is 10.1 Å².